The third-order valence-corrected chi connectivity index (χ3v) is 3.85. The van der Waals surface area contributed by atoms with Crippen LogP contribution in [0.3, 0.4) is 0 Å². The van der Waals surface area contributed by atoms with Crippen molar-refractivity contribution in [3.63, 3.8) is 0 Å². The molecule has 1 heterocycles. The lowest BCUT2D eigenvalue weighted by atomic mass is 9.85. The average molecular weight is 248 g/mol. The van der Waals surface area contributed by atoms with Crippen LogP contribution in [0.4, 0.5) is 0 Å². The van der Waals surface area contributed by atoms with Crippen molar-refractivity contribution >= 4 is 5.91 Å². The molecule has 0 spiro atoms. The summed E-state index contributed by atoms with van der Waals surface area (Å²) in [5, 5.41) is 9.37. The standard InChI is InChI=1S/C14H20N2O2/c1-10-5-3-4-6-13(10)16(2)14(18)11-7-12(17)9-15-8-11/h7-10,13,17H,3-6H2,1-2H3. The van der Waals surface area contributed by atoms with Gasteiger partial charge in [-0.25, -0.2) is 0 Å². The van der Waals surface area contributed by atoms with Gasteiger partial charge in [-0.15, -0.1) is 0 Å². The molecular weight excluding hydrogens is 228 g/mol. The van der Waals surface area contributed by atoms with E-state index in [-0.39, 0.29) is 11.7 Å². The quantitative estimate of drug-likeness (QED) is 0.874. The lowest BCUT2D eigenvalue weighted by Crippen LogP contribution is -2.42. The highest BCUT2D eigenvalue weighted by Crippen LogP contribution is 2.28. The second kappa shape index (κ2) is 5.38. The summed E-state index contributed by atoms with van der Waals surface area (Å²) in [6, 6.07) is 1.77. The van der Waals surface area contributed by atoms with Gasteiger partial charge in [0.2, 0.25) is 0 Å². The summed E-state index contributed by atoms with van der Waals surface area (Å²) in [5.74, 6) is 0.515. The van der Waals surface area contributed by atoms with Gasteiger partial charge in [0.05, 0.1) is 11.8 Å². The lowest BCUT2D eigenvalue weighted by Gasteiger charge is -2.36. The summed E-state index contributed by atoms with van der Waals surface area (Å²) in [6.07, 6.45) is 7.53. The molecule has 0 radical (unpaired) electrons. The van der Waals surface area contributed by atoms with Crippen molar-refractivity contribution in [1.29, 1.82) is 0 Å². The summed E-state index contributed by atoms with van der Waals surface area (Å²) < 4.78 is 0. The van der Waals surface area contributed by atoms with E-state index in [1.807, 2.05) is 7.05 Å². The van der Waals surface area contributed by atoms with Gasteiger partial charge in [-0.2, -0.15) is 0 Å². The van der Waals surface area contributed by atoms with Crippen LogP contribution in [0.15, 0.2) is 18.5 Å². The number of hydrogen-bond acceptors (Lipinski definition) is 3. The molecule has 1 N–H and O–H groups in total. The van der Waals surface area contributed by atoms with Crippen LogP contribution in [-0.4, -0.2) is 34.0 Å². The van der Waals surface area contributed by atoms with Crippen LogP contribution < -0.4 is 0 Å². The van der Waals surface area contributed by atoms with Crippen molar-refractivity contribution in [3.8, 4) is 5.75 Å². The molecule has 4 heteroatoms. The fourth-order valence-corrected chi connectivity index (χ4v) is 2.77. The first-order valence-electron chi connectivity index (χ1n) is 6.51. The largest absolute Gasteiger partial charge is 0.506 e. The number of nitrogens with zero attached hydrogens (tertiary/aromatic N) is 2. The van der Waals surface area contributed by atoms with Gasteiger partial charge in [-0.1, -0.05) is 19.8 Å². The van der Waals surface area contributed by atoms with E-state index < -0.39 is 0 Å². The topological polar surface area (TPSA) is 53.4 Å². The van der Waals surface area contributed by atoms with E-state index in [1.165, 1.54) is 37.7 Å². The molecule has 2 atom stereocenters. The van der Waals surface area contributed by atoms with Crippen molar-refractivity contribution in [2.24, 2.45) is 5.92 Å². The van der Waals surface area contributed by atoms with Gasteiger partial charge in [0.1, 0.15) is 5.75 Å². The van der Waals surface area contributed by atoms with Gasteiger partial charge in [0, 0.05) is 19.3 Å². The molecule has 0 saturated heterocycles. The molecule has 1 aromatic heterocycles. The lowest BCUT2D eigenvalue weighted by molar-refractivity contribution is 0.0628. The first kappa shape index (κ1) is 12.9. The normalized spacial score (nSPS) is 23.7. The minimum atomic E-state index is -0.0582. The number of pyridine rings is 1. The van der Waals surface area contributed by atoms with Crippen LogP contribution in [0.5, 0.6) is 5.75 Å². The van der Waals surface area contributed by atoms with Crippen LogP contribution >= 0.6 is 0 Å². The predicted octanol–water partition coefficient (Wildman–Crippen LogP) is 2.44. The van der Waals surface area contributed by atoms with Crippen molar-refractivity contribution < 1.29 is 9.90 Å². The number of carbonyl (C=O) groups excluding carboxylic acids is 1. The Hall–Kier alpha value is -1.58. The van der Waals surface area contributed by atoms with E-state index in [4.69, 9.17) is 0 Å². The third-order valence-electron chi connectivity index (χ3n) is 3.85. The van der Waals surface area contributed by atoms with Gasteiger partial charge in [-0.05, 0) is 24.8 Å². The summed E-state index contributed by atoms with van der Waals surface area (Å²) in [7, 11) is 1.85. The van der Waals surface area contributed by atoms with Gasteiger partial charge in [0.15, 0.2) is 0 Å². The second-order valence-electron chi connectivity index (χ2n) is 5.18. The number of amides is 1. The number of aromatic hydroxyl groups is 1. The predicted molar refractivity (Wildman–Crippen MR) is 69.4 cm³/mol. The van der Waals surface area contributed by atoms with E-state index in [2.05, 4.69) is 11.9 Å². The molecule has 2 rings (SSSR count). The summed E-state index contributed by atoms with van der Waals surface area (Å²) in [6.45, 7) is 2.20. The third kappa shape index (κ3) is 2.63. The molecule has 98 valence electrons. The molecule has 0 aliphatic heterocycles. The first-order valence-corrected chi connectivity index (χ1v) is 6.51. The summed E-state index contributed by atoms with van der Waals surface area (Å²) in [4.78, 5) is 18.0. The maximum Gasteiger partial charge on any atom is 0.255 e. The number of aromatic nitrogens is 1. The van der Waals surface area contributed by atoms with E-state index >= 15 is 0 Å². The summed E-state index contributed by atoms with van der Waals surface area (Å²) in [5.41, 5.74) is 0.454. The van der Waals surface area contributed by atoms with Crippen LogP contribution in [-0.2, 0) is 0 Å². The fourth-order valence-electron chi connectivity index (χ4n) is 2.77. The van der Waals surface area contributed by atoms with Crippen molar-refractivity contribution in [1.82, 2.24) is 9.88 Å². The minimum Gasteiger partial charge on any atom is -0.506 e. The molecular formula is C14H20N2O2. The van der Waals surface area contributed by atoms with Crippen LogP contribution in [0.1, 0.15) is 43.0 Å². The maximum absolute atomic E-state index is 12.3. The van der Waals surface area contributed by atoms with Crippen LogP contribution in [0.25, 0.3) is 0 Å². The van der Waals surface area contributed by atoms with Crippen LogP contribution in [0.2, 0.25) is 0 Å². The highest BCUT2D eigenvalue weighted by molar-refractivity contribution is 5.94. The molecule has 1 aliphatic carbocycles. The zero-order valence-electron chi connectivity index (χ0n) is 11.0. The molecule has 2 unspecified atom stereocenters. The number of rotatable bonds is 2. The molecule has 1 aliphatic rings. The molecule has 0 aromatic carbocycles. The SMILES string of the molecule is CC1CCCCC1N(C)C(=O)c1cncc(O)c1. The Morgan fingerprint density at radius 1 is 1.39 bits per heavy atom. The van der Waals surface area contributed by atoms with Crippen molar-refractivity contribution in [2.75, 3.05) is 7.05 Å². The van der Waals surface area contributed by atoms with Gasteiger partial charge < -0.3 is 10.0 Å². The molecule has 4 nitrogen and oxygen atoms in total. The number of hydrogen-bond donors (Lipinski definition) is 1. The van der Waals surface area contributed by atoms with E-state index in [1.54, 1.807) is 4.90 Å². The van der Waals surface area contributed by atoms with Crippen molar-refractivity contribution in [2.45, 2.75) is 38.6 Å². The molecule has 1 fully saturated rings. The fraction of sp³-hybridized carbons (Fsp3) is 0.571. The minimum absolute atomic E-state index is 0.0333. The smallest absolute Gasteiger partial charge is 0.255 e. The Bertz CT molecular complexity index is 434. The number of carbonyl (C=O) groups is 1. The zero-order valence-corrected chi connectivity index (χ0v) is 11.0. The van der Waals surface area contributed by atoms with Crippen LogP contribution in [0, 0.1) is 5.92 Å². The van der Waals surface area contributed by atoms with Gasteiger partial charge in [-0.3, -0.25) is 9.78 Å². The zero-order chi connectivity index (χ0) is 13.1. The Balaban J connectivity index is 2.13. The first-order chi connectivity index (χ1) is 8.59. The Kier molecular flexibility index (Phi) is 3.84. The monoisotopic (exact) mass is 248 g/mol. The van der Waals surface area contributed by atoms with E-state index in [9.17, 15) is 9.90 Å². The molecule has 0 bridgehead atoms. The van der Waals surface area contributed by atoms with Gasteiger partial charge in [0.25, 0.3) is 5.91 Å². The Morgan fingerprint density at radius 3 is 2.78 bits per heavy atom. The summed E-state index contributed by atoms with van der Waals surface area (Å²) >= 11 is 0. The van der Waals surface area contributed by atoms with Crippen molar-refractivity contribution in [3.05, 3.63) is 24.0 Å². The molecule has 1 saturated carbocycles. The molecule has 1 amide bonds. The Labute approximate surface area is 108 Å². The maximum atomic E-state index is 12.3. The molecule has 18 heavy (non-hydrogen) atoms. The Morgan fingerprint density at radius 2 is 2.11 bits per heavy atom. The van der Waals surface area contributed by atoms with E-state index in [0.29, 0.717) is 17.5 Å². The second-order valence-corrected chi connectivity index (χ2v) is 5.18. The highest BCUT2D eigenvalue weighted by atomic mass is 16.3. The van der Waals surface area contributed by atoms with Gasteiger partial charge >= 0.3 is 0 Å². The van der Waals surface area contributed by atoms with E-state index in [0.717, 1.165) is 6.42 Å². The average Bonchev–Trinajstić information content (AvgIpc) is 2.37. The highest BCUT2D eigenvalue weighted by Gasteiger charge is 2.28. The molecule has 1 aromatic rings.